The zero-order valence-electron chi connectivity index (χ0n) is 10.1. The number of ether oxygens (including phenoxy) is 2. The number of nitrogens with zero attached hydrogens (tertiary/aromatic N) is 1. The summed E-state index contributed by atoms with van der Waals surface area (Å²) >= 11 is 0. The summed E-state index contributed by atoms with van der Waals surface area (Å²) < 4.78 is 10.7. The molecule has 0 bridgehead atoms. The molecule has 0 saturated heterocycles. The Labute approximate surface area is 106 Å². The minimum Gasteiger partial charge on any atom is -0.497 e. The van der Waals surface area contributed by atoms with Crippen LogP contribution in [0.15, 0.2) is 48.5 Å². The standard InChI is InChI=1S/C15H13NO2/c1-17-14-6-8-15(9-7-14)18-11-13-5-3-2-4-12(13)10-16/h2-9H,11H2,1H3. The van der Waals surface area contributed by atoms with Gasteiger partial charge in [-0.3, -0.25) is 0 Å². The molecule has 0 aliphatic carbocycles. The van der Waals surface area contributed by atoms with Gasteiger partial charge in [-0.15, -0.1) is 0 Å². The molecule has 0 radical (unpaired) electrons. The molecule has 0 aliphatic heterocycles. The van der Waals surface area contributed by atoms with Gasteiger partial charge in [0.25, 0.3) is 0 Å². The predicted octanol–water partition coefficient (Wildman–Crippen LogP) is 3.15. The molecule has 0 unspecified atom stereocenters. The third-order valence-corrected chi connectivity index (χ3v) is 2.59. The molecule has 3 heteroatoms. The monoisotopic (exact) mass is 239 g/mol. The molecule has 0 aromatic heterocycles. The lowest BCUT2D eigenvalue weighted by atomic mass is 10.1. The van der Waals surface area contributed by atoms with E-state index in [1.807, 2.05) is 42.5 Å². The topological polar surface area (TPSA) is 42.2 Å². The van der Waals surface area contributed by atoms with Crippen LogP contribution in [0.5, 0.6) is 11.5 Å². The molecule has 0 amide bonds. The van der Waals surface area contributed by atoms with Crippen LogP contribution in [-0.2, 0) is 6.61 Å². The summed E-state index contributed by atoms with van der Waals surface area (Å²) in [7, 11) is 1.62. The maximum atomic E-state index is 8.96. The molecule has 90 valence electrons. The van der Waals surface area contributed by atoms with Gasteiger partial charge in [-0.1, -0.05) is 18.2 Å². The first-order valence-corrected chi connectivity index (χ1v) is 5.58. The van der Waals surface area contributed by atoms with Crippen molar-refractivity contribution in [1.29, 1.82) is 5.26 Å². The summed E-state index contributed by atoms with van der Waals surface area (Å²) in [5.74, 6) is 1.54. The molecule has 2 rings (SSSR count). The summed E-state index contributed by atoms with van der Waals surface area (Å²) in [6.45, 7) is 0.385. The molecule has 18 heavy (non-hydrogen) atoms. The molecule has 3 nitrogen and oxygen atoms in total. The van der Waals surface area contributed by atoms with Gasteiger partial charge in [0.15, 0.2) is 0 Å². The van der Waals surface area contributed by atoms with E-state index in [1.54, 1.807) is 13.2 Å². The van der Waals surface area contributed by atoms with Crippen LogP contribution in [-0.4, -0.2) is 7.11 Å². The molecule has 0 heterocycles. The minimum absolute atomic E-state index is 0.385. The van der Waals surface area contributed by atoms with Crippen molar-refractivity contribution >= 4 is 0 Å². The normalized spacial score (nSPS) is 9.56. The fraction of sp³-hybridized carbons (Fsp3) is 0.133. The summed E-state index contributed by atoms with van der Waals surface area (Å²) in [4.78, 5) is 0. The SMILES string of the molecule is COc1ccc(OCc2ccccc2C#N)cc1. The van der Waals surface area contributed by atoms with Crippen molar-refractivity contribution in [2.24, 2.45) is 0 Å². The van der Waals surface area contributed by atoms with E-state index < -0.39 is 0 Å². The van der Waals surface area contributed by atoms with Gasteiger partial charge in [-0.05, 0) is 30.3 Å². The maximum absolute atomic E-state index is 8.96. The first kappa shape index (κ1) is 12.0. The third-order valence-electron chi connectivity index (χ3n) is 2.59. The Bertz CT molecular complexity index is 555. The van der Waals surface area contributed by atoms with E-state index in [2.05, 4.69) is 6.07 Å². The molecule has 2 aromatic rings. The molecular formula is C15H13NO2. The van der Waals surface area contributed by atoms with Crippen molar-refractivity contribution in [3.8, 4) is 17.6 Å². The minimum atomic E-state index is 0.385. The summed E-state index contributed by atoms with van der Waals surface area (Å²) in [5.41, 5.74) is 1.53. The highest BCUT2D eigenvalue weighted by molar-refractivity contribution is 5.37. The summed E-state index contributed by atoms with van der Waals surface area (Å²) in [6, 6.07) is 16.9. The smallest absolute Gasteiger partial charge is 0.120 e. The molecule has 0 spiro atoms. The second kappa shape index (κ2) is 5.74. The lowest BCUT2D eigenvalue weighted by Gasteiger charge is -2.08. The lowest BCUT2D eigenvalue weighted by Crippen LogP contribution is -1.98. The van der Waals surface area contributed by atoms with Gasteiger partial charge in [-0.25, -0.2) is 0 Å². The van der Waals surface area contributed by atoms with Gasteiger partial charge < -0.3 is 9.47 Å². The van der Waals surface area contributed by atoms with Gasteiger partial charge in [0.05, 0.1) is 18.7 Å². The molecule has 0 fully saturated rings. The van der Waals surface area contributed by atoms with E-state index in [9.17, 15) is 0 Å². The Hall–Kier alpha value is -2.47. The second-order valence-electron chi connectivity index (χ2n) is 3.73. The Morgan fingerprint density at radius 3 is 2.33 bits per heavy atom. The Morgan fingerprint density at radius 2 is 1.67 bits per heavy atom. The van der Waals surface area contributed by atoms with E-state index in [0.717, 1.165) is 17.1 Å². The van der Waals surface area contributed by atoms with Gasteiger partial charge in [0.2, 0.25) is 0 Å². The van der Waals surface area contributed by atoms with Gasteiger partial charge in [0, 0.05) is 5.56 Å². The fourth-order valence-electron chi connectivity index (χ4n) is 1.59. The molecule has 0 saturated carbocycles. The number of rotatable bonds is 4. The predicted molar refractivity (Wildman–Crippen MR) is 68.5 cm³/mol. The number of benzene rings is 2. The highest BCUT2D eigenvalue weighted by atomic mass is 16.5. The lowest BCUT2D eigenvalue weighted by molar-refractivity contribution is 0.305. The van der Waals surface area contributed by atoms with E-state index in [1.165, 1.54) is 0 Å². The number of hydrogen-bond acceptors (Lipinski definition) is 3. The highest BCUT2D eigenvalue weighted by Gasteiger charge is 2.01. The molecule has 0 aliphatic rings. The average molecular weight is 239 g/mol. The van der Waals surface area contributed by atoms with Crippen molar-refractivity contribution in [2.45, 2.75) is 6.61 Å². The van der Waals surface area contributed by atoms with Crippen molar-refractivity contribution in [3.05, 3.63) is 59.7 Å². The zero-order valence-corrected chi connectivity index (χ0v) is 10.1. The van der Waals surface area contributed by atoms with Gasteiger partial charge in [0.1, 0.15) is 18.1 Å². The quantitative estimate of drug-likeness (QED) is 0.823. The van der Waals surface area contributed by atoms with Crippen molar-refractivity contribution < 1.29 is 9.47 Å². The van der Waals surface area contributed by atoms with Crippen LogP contribution >= 0.6 is 0 Å². The van der Waals surface area contributed by atoms with Gasteiger partial charge in [-0.2, -0.15) is 5.26 Å². The first-order chi connectivity index (χ1) is 8.83. The third kappa shape index (κ3) is 2.80. The maximum Gasteiger partial charge on any atom is 0.120 e. The summed E-state index contributed by atoms with van der Waals surface area (Å²) in [6.07, 6.45) is 0. The number of methoxy groups -OCH3 is 1. The Balaban J connectivity index is 2.05. The van der Waals surface area contributed by atoms with Crippen LogP contribution in [0.4, 0.5) is 0 Å². The Kier molecular flexibility index (Phi) is 3.83. The van der Waals surface area contributed by atoms with Crippen LogP contribution in [0.1, 0.15) is 11.1 Å². The van der Waals surface area contributed by atoms with Crippen molar-refractivity contribution in [2.75, 3.05) is 7.11 Å². The molecule has 0 N–H and O–H groups in total. The van der Waals surface area contributed by atoms with Crippen molar-refractivity contribution in [1.82, 2.24) is 0 Å². The van der Waals surface area contributed by atoms with Crippen LogP contribution in [0.25, 0.3) is 0 Å². The van der Waals surface area contributed by atoms with E-state index in [-0.39, 0.29) is 0 Å². The molecule has 0 atom stereocenters. The number of nitriles is 1. The molecular weight excluding hydrogens is 226 g/mol. The Morgan fingerprint density at radius 1 is 1.00 bits per heavy atom. The van der Waals surface area contributed by atoms with Crippen LogP contribution in [0.3, 0.4) is 0 Å². The van der Waals surface area contributed by atoms with E-state index in [4.69, 9.17) is 14.7 Å². The summed E-state index contributed by atoms with van der Waals surface area (Å²) in [5, 5.41) is 8.96. The van der Waals surface area contributed by atoms with Crippen molar-refractivity contribution in [3.63, 3.8) is 0 Å². The average Bonchev–Trinajstić information content (AvgIpc) is 2.46. The van der Waals surface area contributed by atoms with Crippen LogP contribution in [0.2, 0.25) is 0 Å². The molecule has 2 aromatic carbocycles. The van der Waals surface area contributed by atoms with E-state index in [0.29, 0.717) is 12.2 Å². The van der Waals surface area contributed by atoms with Gasteiger partial charge >= 0.3 is 0 Å². The second-order valence-corrected chi connectivity index (χ2v) is 3.73. The largest absolute Gasteiger partial charge is 0.497 e. The fourth-order valence-corrected chi connectivity index (χ4v) is 1.59. The van der Waals surface area contributed by atoms with Crippen LogP contribution in [0, 0.1) is 11.3 Å². The first-order valence-electron chi connectivity index (χ1n) is 5.58. The van der Waals surface area contributed by atoms with E-state index >= 15 is 0 Å². The number of hydrogen-bond donors (Lipinski definition) is 0. The highest BCUT2D eigenvalue weighted by Crippen LogP contribution is 2.18. The zero-order chi connectivity index (χ0) is 12.8. The van der Waals surface area contributed by atoms with Crippen LogP contribution < -0.4 is 9.47 Å².